The van der Waals surface area contributed by atoms with Crippen molar-refractivity contribution in [3.63, 3.8) is 0 Å². The number of benzene rings is 3. The lowest BCUT2D eigenvalue weighted by molar-refractivity contribution is -0.116. The highest BCUT2D eigenvalue weighted by molar-refractivity contribution is 7.90. The standard InChI is InChI=1S/C23H18ClFN2O3S/c24-17-11-9-16(10-12-17)15-31(29,30)22-13-27(21-8-4-1-5-18(21)22)14-23(28)26-20-7-3-2-6-19(20)25/h1-13H,14-15H2,(H,26,28). The normalized spacial score (nSPS) is 11.5. The lowest BCUT2D eigenvalue weighted by Gasteiger charge is -2.08. The Kier molecular flexibility index (Phi) is 5.80. The fourth-order valence-electron chi connectivity index (χ4n) is 3.38. The van der Waals surface area contributed by atoms with Crippen LogP contribution in [0.4, 0.5) is 10.1 Å². The third-order valence-corrected chi connectivity index (χ3v) is 6.78. The van der Waals surface area contributed by atoms with Gasteiger partial charge in [0.1, 0.15) is 12.4 Å². The lowest BCUT2D eigenvalue weighted by Crippen LogP contribution is -2.19. The van der Waals surface area contributed by atoms with Crippen LogP contribution < -0.4 is 5.32 Å². The number of rotatable bonds is 6. The molecule has 31 heavy (non-hydrogen) atoms. The van der Waals surface area contributed by atoms with Crippen molar-refractivity contribution >= 4 is 43.9 Å². The number of hydrogen-bond donors (Lipinski definition) is 1. The van der Waals surface area contributed by atoms with Crippen LogP contribution in [0.3, 0.4) is 0 Å². The number of anilines is 1. The van der Waals surface area contributed by atoms with Crippen molar-refractivity contribution in [1.82, 2.24) is 4.57 Å². The molecule has 0 aliphatic carbocycles. The summed E-state index contributed by atoms with van der Waals surface area (Å²) in [5.74, 6) is -1.20. The fraction of sp³-hybridized carbons (Fsp3) is 0.0870. The zero-order valence-corrected chi connectivity index (χ0v) is 17.8. The molecule has 0 fully saturated rings. The molecule has 0 aliphatic rings. The van der Waals surface area contributed by atoms with E-state index in [-0.39, 0.29) is 22.9 Å². The molecule has 4 rings (SSSR count). The summed E-state index contributed by atoms with van der Waals surface area (Å²) in [5, 5.41) is 3.57. The summed E-state index contributed by atoms with van der Waals surface area (Å²) in [6.07, 6.45) is 1.46. The van der Waals surface area contributed by atoms with Gasteiger partial charge in [0.25, 0.3) is 0 Å². The van der Waals surface area contributed by atoms with E-state index in [0.29, 0.717) is 21.5 Å². The molecule has 0 radical (unpaired) electrons. The Labute approximate surface area is 184 Å². The van der Waals surface area contributed by atoms with Crippen LogP contribution >= 0.6 is 11.6 Å². The maximum Gasteiger partial charge on any atom is 0.244 e. The Bertz CT molecular complexity index is 1370. The van der Waals surface area contributed by atoms with E-state index < -0.39 is 21.6 Å². The molecule has 1 heterocycles. The van der Waals surface area contributed by atoms with Crippen molar-refractivity contribution in [1.29, 1.82) is 0 Å². The van der Waals surface area contributed by atoms with E-state index in [4.69, 9.17) is 11.6 Å². The van der Waals surface area contributed by atoms with Gasteiger partial charge in [0, 0.05) is 22.1 Å². The average molecular weight is 457 g/mol. The number of amides is 1. The van der Waals surface area contributed by atoms with Crippen LogP contribution in [0.25, 0.3) is 10.9 Å². The maximum atomic E-state index is 13.8. The Morgan fingerprint density at radius 3 is 2.39 bits per heavy atom. The molecule has 8 heteroatoms. The minimum absolute atomic E-state index is 0.0690. The lowest BCUT2D eigenvalue weighted by atomic mass is 10.2. The van der Waals surface area contributed by atoms with Crippen molar-refractivity contribution < 1.29 is 17.6 Å². The Morgan fingerprint density at radius 2 is 1.65 bits per heavy atom. The number of nitrogens with one attached hydrogen (secondary N) is 1. The molecule has 4 aromatic rings. The van der Waals surface area contributed by atoms with Gasteiger partial charge in [-0.1, -0.05) is 54.1 Å². The summed E-state index contributed by atoms with van der Waals surface area (Å²) in [6.45, 7) is -0.161. The molecule has 0 saturated carbocycles. The highest BCUT2D eigenvalue weighted by Gasteiger charge is 2.22. The van der Waals surface area contributed by atoms with Gasteiger partial charge in [0.05, 0.1) is 16.3 Å². The second-order valence-corrected chi connectivity index (χ2v) is 9.45. The molecule has 0 aliphatic heterocycles. The summed E-state index contributed by atoms with van der Waals surface area (Å²) in [7, 11) is -3.69. The van der Waals surface area contributed by atoms with Gasteiger partial charge in [-0.15, -0.1) is 0 Å². The number of fused-ring (bicyclic) bond motifs is 1. The molecule has 1 amide bonds. The van der Waals surface area contributed by atoms with Gasteiger partial charge in [0.2, 0.25) is 5.91 Å². The molecular weight excluding hydrogens is 439 g/mol. The monoisotopic (exact) mass is 456 g/mol. The molecule has 158 valence electrons. The van der Waals surface area contributed by atoms with Crippen molar-refractivity contribution in [3.8, 4) is 0 Å². The highest BCUT2D eigenvalue weighted by atomic mass is 35.5. The van der Waals surface area contributed by atoms with Crippen LogP contribution in [0, 0.1) is 5.82 Å². The number of hydrogen-bond acceptors (Lipinski definition) is 3. The number of carbonyl (C=O) groups excluding carboxylic acids is 1. The van der Waals surface area contributed by atoms with Crippen LogP contribution in [0.1, 0.15) is 5.56 Å². The SMILES string of the molecule is O=C(Cn1cc(S(=O)(=O)Cc2ccc(Cl)cc2)c2ccccc21)Nc1ccccc1F. The molecule has 0 bridgehead atoms. The number of sulfone groups is 1. The second kappa shape index (κ2) is 8.53. The van der Waals surface area contributed by atoms with Crippen molar-refractivity contribution in [3.05, 3.63) is 95.4 Å². The smallest absolute Gasteiger partial charge is 0.244 e. The quantitative estimate of drug-likeness (QED) is 0.441. The maximum absolute atomic E-state index is 13.8. The third kappa shape index (κ3) is 4.62. The summed E-state index contributed by atoms with van der Waals surface area (Å²) in [5.41, 5.74) is 1.28. The molecule has 5 nitrogen and oxygen atoms in total. The van der Waals surface area contributed by atoms with Crippen LogP contribution in [0.5, 0.6) is 0 Å². The van der Waals surface area contributed by atoms with E-state index in [2.05, 4.69) is 5.32 Å². The predicted molar refractivity (Wildman–Crippen MR) is 119 cm³/mol. The molecule has 0 spiro atoms. The van der Waals surface area contributed by atoms with E-state index in [1.165, 1.54) is 24.4 Å². The van der Waals surface area contributed by atoms with Crippen LogP contribution in [-0.4, -0.2) is 18.9 Å². The minimum Gasteiger partial charge on any atom is -0.337 e. The highest BCUT2D eigenvalue weighted by Crippen LogP contribution is 2.28. The second-order valence-electron chi connectivity index (χ2n) is 7.05. The number of carbonyl (C=O) groups is 1. The fourth-order valence-corrected chi connectivity index (χ4v) is 5.08. The number of para-hydroxylation sites is 2. The number of aromatic nitrogens is 1. The number of nitrogens with zero attached hydrogens (tertiary/aromatic N) is 1. The van der Waals surface area contributed by atoms with Crippen LogP contribution in [0.2, 0.25) is 5.02 Å². The summed E-state index contributed by atoms with van der Waals surface area (Å²) < 4.78 is 41.7. The topological polar surface area (TPSA) is 68.2 Å². The van der Waals surface area contributed by atoms with Gasteiger partial charge >= 0.3 is 0 Å². The third-order valence-electron chi connectivity index (χ3n) is 4.82. The predicted octanol–water partition coefficient (Wildman–Crippen LogP) is 5.05. The molecule has 3 aromatic carbocycles. The zero-order valence-electron chi connectivity index (χ0n) is 16.3. The molecular formula is C23H18ClFN2O3S. The number of halogens is 2. The van der Waals surface area contributed by atoms with E-state index in [0.717, 1.165) is 0 Å². The van der Waals surface area contributed by atoms with Gasteiger partial charge in [-0.25, -0.2) is 12.8 Å². The first-order chi connectivity index (χ1) is 14.8. The summed E-state index contributed by atoms with van der Waals surface area (Å²) >= 11 is 5.88. The van der Waals surface area contributed by atoms with Gasteiger partial charge in [-0.3, -0.25) is 4.79 Å². The van der Waals surface area contributed by atoms with Gasteiger partial charge in [-0.05, 0) is 35.9 Å². The van der Waals surface area contributed by atoms with E-state index in [1.807, 2.05) is 0 Å². The van der Waals surface area contributed by atoms with Crippen molar-refractivity contribution in [2.45, 2.75) is 17.2 Å². The Balaban J connectivity index is 1.65. The largest absolute Gasteiger partial charge is 0.337 e. The first-order valence-electron chi connectivity index (χ1n) is 9.43. The summed E-state index contributed by atoms with van der Waals surface area (Å²) in [4.78, 5) is 12.6. The van der Waals surface area contributed by atoms with E-state index >= 15 is 0 Å². The van der Waals surface area contributed by atoms with Gasteiger partial charge in [-0.2, -0.15) is 0 Å². The molecule has 1 aromatic heterocycles. The summed E-state index contributed by atoms with van der Waals surface area (Å²) in [6, 6.07) is 19.4. The molecule has 0 saturated heterocycles. The molecule has 0 atom stereocenters. The van der Waals surface area contributed by atoms with Crippen LogP contribution in [-0.2, 0) is 26.9 Å². The first-order valence-corrected chi connectivity index (χ1v) is 11.5. The van der Waals surface area contributed by atoms with Gasteiger partial charge < -0.3 is 9.88 Å². The Hall–Kier alpha value is -3.16. The zero-order chi connectivity index (χ0) is 22.0. The first kappa shape index (κ1) is 21.1. The van der Waals surface area contributed by atoms with E-state index in [9.17, 15) is 17.6 Å². The Morgan fingerprint density at radius 1 is 0.968 bits per heavy atom. The minimum atomic E-state index is -3.69. The van der Waals surface area contributed by atoms with Crippen LogP contribution in [0.15, 0.2) is 83.9 Å². The molecule has 0 unspecified atom stereocenters. The average Bonchev–Trinajstić information content (AvgIpc) is 3.11. The van der Waals surface area contributed by atoms with Crippen molar-refractivity contribution in [2.75, 3.05) is 5.32 Å². The molecule has 1 N–H and O–H groups in total. The van der Waals surface area contributed by atoms with Gasteiger partial charge in [0.15, 0.2) is 9.84 Å². The van der Waals surface area contributed by atoms with E-state index in [1.54, 1.807) is 59.2 Å². The van der Waals surface area contributed by atoms with Crippen molar-refractivity contribution in [2.24, 2.45) is 0 Å².